The number of hydrogen-bond acceptors (Lipinski definition) is 8. The Morgan fingerprint density at radius 2 is 1.61 bits per heavy atom. The van der Waals surface area contributed by atoms with Crippen molar-refractivity contribution in [2.24, 2.45) is 33.8 Å². The van der Waals surface area contributed by atoms with E-state index in [9.17, 15) is 29.1 Å². The van der Waals surface area contributed by atoms with Crippen LogP contribution in [0, 0.1) is 5.92 Å². The molecule has 1 aromatic heterocycles. The summed E-state index contributed by atoms with van der Waals surface area (Å²) in [5.74, 6) is -4.78. The third-order valence-corrected chi connectivity index (χ3v) is 5.45. The zero-order valence-corrected chi connectivity index (χ0v) is 21.5. The number of aromatic nitrogens is 2. The van der Waals surface area contributed by atoms with Gasteiger partial charge in [0.1, 0.15) is 18.1 Å². The Kier molecular flexibility index (Phi) is 13.2. The van der Waals surface area contributed by atoms with E-state index < -0.39 is 59.7 Å². The lowest BCUT2D eigenvalue weighted by atomic mass is 10.0. The van der Waals surface area contributed by atoms with Crippen molar-refractivity contribution in [1.82, 2.24) is 25.9 Å². The number of rotatable bonds is 17. The quantitative estimate of drug-likeness (QED) is 0.0543. The number of hydrogen-bond donors (Lipinski definition) is 9. The van der Waals surface area contributed by atoms with Gasteiger partial charge >= 0.3 is 5.97 Å². The zero-order chi connectivity index (χ0) is 28.8. The molecule has 0 spiro atoms. The zero-order valence-electron chi connectivity index (χ0n) is 21.5. The summed E-state index contributed by atoms with van der Waals surface area (Å²) in [5, 5.41) is 16.8. The first-order valence-electron chi connectivity index (χ1n) is 12.0. The lowest BCUT2D eigenvalue weighted by molar-refractivity contribution is -0.143. The minimum atomic E-state index is -1.30. The van der Waals surface area contributed by atoms with E-state index in [1.54, 1.807) is 13.8 Å². The van der Waals surface area contributed by atoms with Crippen molar-refractivity contribution in [3.63, 3.8) is 0 Å². The predicted molar refractivity (Wildman–Crippen MR) is 137 cm³/mol. The first kappa shape index (κ1) is 31.8. The Labute approximate surface area is 219 Å². The Morgan fingerprint density at radius 1 is 1.00 bits per heavy atom. The maximum Gasteiger partial charge on any atom is 0.326 e. The van der Waals surface area contributed by atoms with E-state index in [0.29, 0.717) is 12.1 Å². The van der Waals surface area contributed by atoms with Crippen molar-refractivity contribution in [2.45, 2.75) is 70.1 Å². The number of nitrogens with zero attached hydrogens (tertiary/aromatic N) is 2. The molecule has 4 unspecified atom stereocenters. The molecule has 1 heterocycles. The molecular formula is C22H38N10O6. The number of nitrogens with one attached hydrogen (secondary N) is 4. The third-order valence-electron chi connectivity index (χ3n) is 5.45. The standard InChI is InChI=1S/C22H38N10O6/c1-11(2)17(21(37)38)32-20(36)15(5-6-16(24)33)31-19(35)14(4-3-7-28-22(25)26)30-18(34)13(23)8-12-9-27-10-29-12/h9-11,13-15,17H,3-8,23H2,1-2H3,(H2,24,33)(H,27,29)(H,30,34)(H,31,35)(H,32,36)(H,37,38)(H4,25,26,28). The molecule has 0 saturated heterocycles. The highest BCUT2D eigenvalue weighted by Crippen LogP contribution is 2.07. The molecule has 16 heteroatoms. The number of carbonyl (C=O) groups excluding carboxylic acids is 4. The van der Waals surface area contributed by atoms with Crippen LogP contribution < -0.4 is 38.9 Å². The molecule has 4 amide bonds. The van der Waals surface area contributed by atoms with Gasteiger partial charge in [-0.25, -0.2) is 9.78 Å². The monoisotopic (exact) mass is 538 g/mol. The van der Waals surface area contributed by atoms with Gasteiger partial charge in [0.05, 0.1) is 12.4 Å². The van der Waals surface area contributed by atoms with E-state index in [-0.39, 0.29) is 38.2 Å². The van der Waals surface area contributed by atoms with Crippen LogP contribution in [0.15, 0.2) is 17.5 Å². The second-order valence-corrected chi connectivity index (χ2v) is 9.03. The van der Waals surface area contributed by atoms with Crippen LogP contribution in [-0.2, 0) is 30.4 Å². The first-order valence-corrected chi connectivity index (χ1v) is 12.0. The van der Waals surface area contributed by atoms with Gasteiger partial charge < -0.3 is 49.0 Å². The Bertz CT molecular complexity index is 977. The smallest absolute Gasteiger partial charge is 0.326 e. The van der Waals surface area contributed by atoms with Crippen molar-refractivity contribution < 1.29 is 29.1 Å². The number of H-pyrrole nitrogens is 1. The summed E-state index contributed by atoms with van der Waals surface area (Å²) in [6.45, 7) is 3.37. The Hall–Kier alpha value is -4.21. The van der Waals surface area contributed by atoms with Gasteiger partial charge in [0.2, 0.25) is 23.6 Å². The summed E-state index contributed by atoms with van der Waals surface area (Å²) in [5.41, 5.74) is 22.4. The van der Waals surface area contributed by atoms with E-state index >= 15 is 0 Å². The maximum atomic E-state index is 13.2. The Morgan fingerprint density at radius 3 is 2.13 bits per heavy atom. The fourth-order valence-corrected chi connectivity index (χ4v) is 3.37. The van der Waals surface area contributed by atoms with Crippen LogP contribution in [0.1, 0.15) is 45.2 Å². The second-order valence-electron chi connectivity index (χ2n) is 9.03. The van der Waals surface area contributed by atoms with Crippen LogP contribution in [0.25, 0.3) is 0 Å². The number of aromatic amines is 1. The minimum Gasteiger partial charge on any atom is -0.480 e. The van der Waals surface area contributed by atoms with Gasteiger partial charge in [0.25, 0.3) is 0 Å². The van der Waals surface area contributed by atoms with Crippen LogP contribution in [0.5, 0.6) is 0 Å². The van der Waals surface area contributed by atoms with E-state index in [1.165, 1.54) is 12.5 Å². The fourth-order valence-electron chi connectivity index (χ4n) is 3.37. The molecule has 0 aromatic carbocycles. The highest BCUT2D eigenvalue weighted by molar-refractivity contribution is 5.94. The summed E-state index contributed by atoms with van der Waals surface area (Å²) < 4.78 is 0. The number of carboxylic acid groups (broad SMARTS) is 1. The largest absolute Gasteiger partial charge is 0.480 e. The van der Waals surface area contributed by atoms with Gasteiger partial charge in [-0.2, -0.15) is 0 Å². The van der Waals surface area contributed by atoms with E-state index in [0.717, 1.165) is 0 Å². The lowest BCUT2D eigenvalue weighted by Gasteiger charge is -2.26. The van der Waals surface area contributed by atoms with E-state index in [2.05, 4.69) is 30.9 Å². The summed E-state index contributed by atoms with van der Waals surface area (Å²) in [7, 11) is 0. The third kappa shape index (κ3) is 11.7. The molecule has 0 radical (unpaired) electrons. The summed E-state index contributed by atoms with van der Waals surface area (Å²) in [4.78, 5) is 72.2. The van der Waals surface area contributed by atoms with Gasteiger partial charge in [-0.05, 0) is 25.2 Å². The summed E-state index contributed by atoms with van der Waals surface area (Å²) in [6, 6.07) is -4.69. The van der Waals surface area contributed by atoms with Gasteiger partial charge in [-0.3, -0.25) is 24.2 Å². The molecule has 212 valence electrons. The topological polar surface area (TPSA) is 287 Å². The molecule has 0 aliphatic carbocycles. The van der Waals surface area contributed by atoms with Crippen LogP contribution in [0.4, 0.5) is 0 Å². The number of primary amides is 1. The normalized spacial score (nSPS) is 14.0. The first-order chi connectivity index (χ1) is 17.8. The number of aliphatic imine (C=N–C) groups is 1. The number of amides is 4. The highest BCUT2D eigenvalue weighted by atomic mass is 16.4. The van der Waals surface area contributed by atoms with E-state index in [1.807, 2.05) is 0 Å². The van der Waals surface area contributed by atoms with E-state index in [4.69, 9.17) is 22.9 Å². The van der Waals surface area contributed by atoms with Crippen LogP contribution in [0.2, 0.25) is 0 Å². The molecule has 0 aliphatic rings. The Balaban J connectivity index is 3.04. The van der Waals surface area contributed by atoms with Crippen molar-refractivity contribution in [3.8, 4) is 0 Å². The van der Waals surface area contributed by atoms with Crippen LogP contribution in [-0.4, -0.2) is 81.3 Å². The highest BCUT2D eigenvalue weighted by Gasteiger charge is 2.31. The second kappa shape index (κ2) is 15.8. The average Bonchev–Trinajstić information content (AvgIpc) is 3.33. The maximum absolute atomic E-state index is 13.2. The van der Waals surface area contributed by atoms with Crippen molar-refractivity contribution in [2.75, 3.05) is 6.54 Å². The fraction of sp³-hybridized carbons (Fsp3) is 0.591. The van der Waals surface area contributed by atoms with Crippen molar-refractivity contribution >= 4 is 35.6 Å². The molecule has 16 nitrogen and oxygen atoms in total. The number of guanidine groups is 1. The molecule has 13 N–H and O–H groups in total. The molecule has 0 bridgehead atoms. The number of aliphatic carboxylic acids is 1. The lowest BCUT2D eigenvalue weighted by Crippen LogP contribution is -2.57. The molecule has 0 aliphatic heterocycles. The molecule has 4 atom stereocenters. The number of nitrogens with two attached hydrogens (primary N) is 4. The number of carboxylic acids is 1. The molecule has 1 aromatic rings. The SMILES string of the molecule is CC(C)C(NC(=O)C(CCC(N)=O)NC(=O)C(CCCN=C(N)N)NC(=O)C(N)Cc1cnc[nH]1)C(=O)O. The molecular weight excluding hydrogens is 500 g/mol. The predicted octanol–water partition coefficient (Wildman–Crippen LogP) is -3.21. The molecule has 38 heavy (non-hydrogen) atoms. The van der Waals surface area contributed by atoms with Gasteiger partial charge in [-0.15, -0.1) is 0 Å². The molecule has 0 saturated carbocycles. The number of imidazole rings is 1. The van der Waals surface area contributed by atoms with Crippen molar-refractivity contribution in [1.29, 1.82) is 0 Å². The summed E-state index contributed by atoms with van der Waals surface area (Å²) in [6.07, 6.45) is 3.00. The van der Waals surface area contributed by atoms with Crippen molar-refractivity contribution in [3.05, 3.63) is 18.2 Å². The van der Waals surface area contributed by atoms with Crippen LogP contribution in [0.3, 0.4) is 0 Å². The van der Waals surface area contributed by atoms with Crippen LogP contribution >= 0.6 is 0 Å². The van der Waals surface area contributed by atoms with Gasteiger partial charge in [0.15, 0.2) is 5.96 Å². The average molecular weight is 539 g/mol. The minimum absolute atomic E-state index is 0.0824. The summed E-state index contributed by atoms with van der Waals surface area (Å²) >= 11 is 0. The molecule has 1 rings (SSSR count). The van der Waals surface area contributed by atoms with Gasteiger partial charge in [0, 0.05) is 31.3 Å². The number of carbonyl (C=O) groups is 5. The molecule has 0 fully saturated rings. The van der Waals surface area contributed by atoms with Gasteiger partial charge in [-0.1, -0.05) is 13.8 Å².